The van der Waals surface area contributed by atoms with E-state index in [9.17, 15) is 9.59 Å². The molecule has 10 atom stereocenters. The molecule has 2 heterocycles. The molecule has 10 unspecified atom stereocenters. The molecule has 296 valence electrons. The second-order valence-electron chi connectivity index (χ2n) is 15.5. The van der Waals surface area contributed by atoms with E-state index < -0.39 is 11.8 Å². The van der Waals surface area contributed by atoms with Crippen LogP contribution in [-0.2, 0) is 19.1 Å². The quantitative estimate of drug-likeness (QED) is 0.0401. The van der Waals surface area contributed by atoms with Gasteiger partial charge >= 0.3 is 0 Å². The summed E-state index contributed by atoms with van der Waals surface area (Å²) in [5.74, 6) is -0.321. The molecule has 13 nitrogen and oxygen atoms in total. The zero-order valence-corrected chi connectivity index (χ0v) is 33.0. The molecular formula is C38H68ClN9O4. The van der Waals surface area contributed by atoms with Crippen LogP contribution in [0.5, 0.6) is 0 Å². The number of aliphatic imine (C=N–C) groups is 3. The highest BCUT2D eigenvalue weighted by Gasteiger charge is 2.60. The van der Waals surface area contributed by atoms with Crippen LogP contribution in [0.1, 0.15) is 111 Å². The molecule has 0 spiro atoms. The van der Waals surface area contributed by atoms with Crippen LogP contribution in [0.3, 0.4) is 0 Å². The Bertz CT molecular complexity index is 1210. The molecule has 52 heavy (non-hydrogen) atoms. The summed E-state index contributed by atoms with van der Waals surface area (Å²) >= 11 is 6.36. The van der Waals surface area contributed by atoms with E-state index in [2.05, 4.69) is 39.6 Å². The van der Waals surface area contributed by atoms with Crippen LogP contribution in [0.15, 0.2) is 15.0 Å². The van der Waals surface area contributed by atoms with Gasteiger partial charge in [-0.25, -0.2) is 4.84 Å². The molecule has 3 fully saturated rings. The molecule has 0 aromatic carbocycles. The zero-order valence-electron chi connectivity index (χ0n) is 32.2. The van der Waals surface area contributed by atoms with E-state index in [0.717, 1.165) is 69.3 Å². The number of hydrogen-bond donors (Lipinski definition) is 6. The summed E-state index contributed by atoms with van der Waals surface area (Å²) in [5.41, 5.74) is 13.6. The summed E-state index contributed by atoms with van der Waals surface area (Å²) in [7, 11) is 0. The van der Waals surface area contributed by atoms with Crippen molar-refractivity contribution in [3.05, 3.63) is 0 Å². The van der Waals surface area contributed by atoms with Crippen molar-refractivity contribution >= 4 is 40.9 Å². The first-order valence-corrected chi connectivity index (χ1v) is 20.5. The predicted octanol–water partition coefficient (Wildman–Crippen LogP) is 3.83. The Balaban J connectivity index is 1.50. The minimum atomic E-state index is -0.472. The Labute approximate surface area is 317 Å². The smallest absolute Gasteiger partial charge is 0.224 e. The van der Waals surface area contributed by atoms with Crippen molar-refractivity contribution in [2.24, 2.45) is 56.0 Å². The summed E-state index contributed by atoms with van der Waals surface area (Å²) in [5, 5.41) is 9.60. The maximum Gasteiger partial charge on any atom is 0.224 e. The molecule has 2 bridgehead atoms. The summed E-state index contributed by atoms with van der Waals surface area (Å²) in [4.78, 5) is 45.4. The molecule has 4 rings (SSSR count). The van der Waals surface area contributed by atoms with Gasteiger partial charge in [0.2, 0.25) is 11.8 Å². The maximum absolute atomic E-state index is 14.0. The van der Waals surface area contributed by atoms with E-state index >= 15 is 0 Å². The minimum Gasteiger partial charge on any atom is -0.388 e. The van der Waals surface area contributed by atoms with Gasteiger partial charge in [-0.1, -0.05) is 39.5 Å². The number of carbonyl (C=O) groups excluding carboxylic acids is 2. The van der Waals surface area contributed by atoms with Crippen molar-refractivity contribution in [1.82, 2.24) is 20.8 Å². The first kappa shape index (κ1) is 42.6. The third-order valence-electron chi connectivity index (χ3n) is 11.2. The standard InChI is InChI=1S/C38H68ClN9O4/c1-5-6-7-8-9-14-33-51-32-22-27-21-28(36(32)52-33)35-34(27)37(49)46-20-18-45-31(29(48-39)13-11-16-43-26(4)41)23-30(44-17-19-47-38(35)50)24(2)12-10-15-42-25(3)40/h24,26-29,32-36,43,48H,5-23,41H2,1-4H3,(H2,40,42)(H,46,49)(H,47,50). The number of fused-ring (bicyclic) bond motifs is 7. The topological polar surface area (TPSA) is 190 Å². The van der Waals surface area contributed by atoms with E-state index in [-0.39, 0.29) is 60.3 Å². The van der Waals surface area contributed by atoms with Gasteiger partial charge in [0.05, 0.1) is 55.2 Å². The molecule has 14 heteroatoms. The average molecular weight is 750 g/mol. The lowest BCUT2D eigenvalue weighted by atomic mass is 9.82. The Morgan fingerprint density at radius 3 is 2.37 bits per heavy atom. The van der Waals surface area contributed by atoms with Gasteiger partial charge < -0.3 is 36.9 Å². The van der Waals surface area contributed by atoms with E-state index in [4.69, 9.17) is 42.7 Å². The summed E-state index contributed by atoms with van der Waals surface area (Å²) in [6.45, 7) is 11.1. The van der Waals surface area contributed by atoms with Crippen LogP contribution < -0.4 is 32.3 Å². The number of amidine groups is 1. The number of rotatable bonds is 18. The fourth-order valence-electron chi connectivity index (χ4n) is 8.59. The first-order chi connectivity index (χ1) is 25.1. The lowest BCUT2D eigenvalue weighted by Crippen LogP contribution is -2.45. The maximum atomic E-state index is 14.0. The number of nitrogens with one attached hydrogen (secondary N) is 4. The van der Waals surface area contributed by atoms with Gasteiger partial charge in [0.1, 0.15) is 0 Å². The van der Waals surface area contributed by atoms with Gasteiger partial charge in [-0.2, -0.15) is 0 Å². The summed E-state index contributed by atoms with van der Waals surface area (Å²) in [6.07, 6.45) is 11.7. The average Bonchev–Trinajstić information content (AvgIpc) is 3.67. The van der Waals surface area contributed by atoms with Crippen molar-refractivity contribution in [1.29, 1.82) is 0 Å². The third-order valence-corrected chi connectivity index (χ3v) is 11.5. The molecular weight excluding hydrogens is 682 g/mol. The number of hydrogen-bond acceptors (Lipinski definition) is 10. The van der Waals surface area contributed by atoms with Gasteiger partial charge in [0.25, 0.3) is 0 Å². The van der Waals surface area contributed by atoms with Crippen molar-refractivity contribution < 1.29 is 19.1 Å². The lowest BCUT2D eigenvalue weighted by Gasteiger charge is -2.30. The number of carbonyl (C=O) groups is 2. The number of amides is 2. The molecule has 2 aliphatic heterocycles. The number of nitrogens with zero attached hydrogens (tertiary/aromatic N) is 3. The second-order valence-corrected chi connectivity index (χ2v) is 15.7. The summed E-state index contributed by atoms with van der Waals surface area (Å²) < 4.78 is 13.0. The van der Waals surface area contributed by atoms with Gasteiger partial charge in [-0.05, 0) is 95.4 Å². The van der Waals surface area contributed by atoms with E-state index in [0.29, 0.717) is 45.0 Å². The van der Waals surface area contributed by atoms with E-state index in [1.54, 1.807) is 6.92 Å². The number of halogens is 1. The molecule has 0 aromatic rings. The SMILES string of the molecule is CCCCCCCC1OC2CC3CC(C2O1)C1C(=O)NCCN=C(C(C)CCCN=C(C)N)CC(C(CCCNC(C)N)NCl)=NCCNC(=O)C31. The number of nitrogens with two attached hydrogens (primary N) is 2. The van der Waals surface area contributed by atoms with Crippen LogP contribution in [-0.4, -0.2) is 99.0 Å². The second kappa shape index (κ2) is 22.3. The minimum absolute atomic E-state index is 0.0592. The van der Waals surface area contributed by atoms with Crippen LogP contribution in [0, 0.1) is 29.6 Å². The van der Waals surface area contributed by atoms with Crippen molar-refractivity contribution in [2.45, 2.75) is 142 Å². The largest absolute Gasteiger partial charge is 0.388 e. The van der Waals surface area contributed by atoms with Gasteiger partial charge in [-0.15, -0.1) is 0 Å². The molecule has 2 aliphatic carbocycles. The highest BCUT2D eigenvalue weighted by atomic mass is 35.5. The molecule has 0 radical (unpaired) electrons. The van der Waals surface area contributed by atoms with E-state index in [1.807, 2.05) is 6.92 Å². The molecule has 4 aliphatic rings. The fraction of sp³-hybridized carbons (Fsp3) is 0.868. The monoisotopic (exact) mass is 750 g/mol. The van der Waals surface area contributed by atoms with Crippen molar-refractivity contribution in [3.8, 4) is 0 Å². The Morgan fingerprint density at radius 1 is 0.962 bits per heavy atom. The molecule has 0 aromatic heterocycles. The number of unbranched alkanes of at least 4 members (excludes halogenated alkanes) is 4. The Kier molecular flexibility index (Phi) is 18.2. The van der Waals surface area contributed by atoms with Crippen LogP contribution in [0.25, 0.3) is 0 Å². The van der Waals surface area contributed by atoms with Crippen LogP contribution >= 0.6 is 11.8 Å². The highest BCUT2D eigenvalue weighted by Crippen LogP contribution is 2.54. The van der Waals surface area contributed by atoms with Crippen molar-refractivity contribution in [3.63, 3.8) is 0 Å². The number of ether oxygens (including phenoxy) is 2. The van der Waals surface area contributed by atoms with E-state index in [1.165, 1.54) is 25.7 Å². The van der Waals surface area contributed by atoms with Crippen LogP contribution in [0.2, 0.25) is 0 Å². The Morgan fingerprint density at radius 2 is 1.67 bits per heavy atom. The van der Waals surface area contributed by atoms with Gasteiger partial charge in [0.15, 0.2) is 6.29 Å². The zero-order chi connectivity index (χ0) is 37.5. The molecule has 8 N–H and O–H groups in total. The van der Waals surface area contributed by atoms with Crippen molar-refractivity contribution in [2.75, 3.05) is 39.3 Å². The molecule has 1 saturated heterocycles. The summed E-state index contributed by atoms with van der Waals surface area (Å²) in [6, 6.07) is -0.178. The third kappa shape index (κ3) is 12.7. The van der Waals surface area contributed by atoms with Gasteiger partial charge in [0, 0.05) is 43.4 Å². The van der Waals surface area contributed by atoms with Gasteiger partial charge in [-0.3, -0.25) is 24.6 Å². The Hall–Kier alpha value is -2.16. The molecule has 2 saturated carbocycles. The van der Waals surface area contributed by atoms with Crippen LogP contribution in [0.4, 0.5) is 0 Å². The lowest BCUT2D eigenvalue weighted by molar-refractivity contribution is -0.137. The normalized spacial score (nSPS) is 30.5. The molecule has 2 amide bonds. The fourth-order valence-corrected chi connectivity index (χ4v) is 8.83. The highest BCUT2D eigenvalue weighted by molar-refractivity contribution is 6.17. The first-order valence-electron chi connectivity index (χ1n) is 20.2. The predicted molar refractivity (Wildman–Crippen MR) is 210 cm³/mol.